The van der Waals surface area contributed by atoms with E-state index in [0.29, 0.717) is 11.3 Å². The summed E-state index contributed by atoms with van der Waals surface area (Å²) in [6.07, 6.45) is 0. The standard InChI is InChI=1S/C12H11NO5/c1-8(14)16-6-7-17-13-12-11(15)9-4-2-3-5-10(9)18-12/h2-5H,6-7H2,1H3/b13-12+. The van der Waals surface area contributed by atoms with E-state index in [-0.39, 0.29) is 24.9 Å². The Morgan fingerprint density at radius 2 is 2.11 bits per heavy atom. The number of ketones is 1. The van der Waals surface area contributed by atoms with Gasteiger partial charge in [-0.15, -0.1) is 0 Å². The van der Waals surface area contributed by atoms with Crippen LogP contribution in [0.25, 0.3) is 0 Å². The third-order valence-corrected chi connectivity index (χ3v) is 2.16. The van der Waals surface area contributed by atoms with Gasteiger partial charge < -0.3 is 14.3 Å². The minimum Gasteiger partial charge on any atom is -0.462 e. The lowest BCUT2D eigenvalue weighted by Crippen LogP contribution is -2.14. The lowest BCUT2D eigenvalue weighted by Gasteiger charge is -2.00. The first-order valence-corrected chi connectivity index (χ1v) is 5.33. The molecule has 1 heterocycles. The van der Waals surface area contributed by atoms with Crippen LogP contribution < -0.4 is 4.74 Å². The van der Waals surface area contributed by atoms with Crippen LogP contribution in [0.2, 0.25) is 0 Å². The van der Waals surface area contributed by atoms with Gasteiger partial charge in [0.15, 0.2) is 6.61 Å². The second-order valence-electron chi connectivity index (χ2n) is 3.50. The summed E-state index contributed by atoms with van der Waals surface area (Å²) < 4.78 is 9.85. The number of Topliss-reactive ketones (excluding diaryl/α,β-unsaturated/α-hetero) is 1. The Morgan fingerprint density at radius 3 is 2.83 bits per heavy atom. The zero-order valence-electron chi connectivity index (χ0n) is 9.71. The summed E-state index contributed by atoms with van der Waals surface area (Å²) in [4.78, 5) is 27.1. The highest BCUT2D eigenvalue weighted by molar-refractivity contribution is 6.46. The Morgan fingerprint density at radius 1 is 1.33 bits per heavy atom. The topological polar surface area (TPSA) is 74.2 Å². The molecule has 6 heteroatoms. The summed E-state index contributed by atoms with van der Waals surface area (Å²) in [6, 6.07) is 6.83. The number of oxime groups is 1. The van der Waals surface area contributed by atoms with Crippen molar-refractivity contribution in [3.63, 3.8) is 0 Å². The summed E-state index contributed by atoms with van der Waals surface area (Å²) in [5.41, 5.74) is 0.458. The molecule has 0 saturated heterocycles. The fourth-order valence-corrected chi connectivity index (χ4v) is 1.40. The van der Waals surface area contributed by atoms with Crippen molar-refractivity contribution in [1.82, 2.24) is 0 Å². The van der Waals surface area contributed by atoms with Crippen LogP contribution in [-0.2, 0) is 14.4 Å². The van der Waals surface area contributed by atoms with Crippen molar-refractivity contribution in [2.45, 2.75) is 6.92 Å². The molecular weight excluding hydrogens is 238 g/mol. The summed E-state index contributed by atoms with van der Waals surface area (Å²) in [6.45, 7) is 1.44. The molecule has 0 atom stereocenters. The van der Waals surface area contributed by atoms with Crippen molar-refractivity contribution in [3.8, 4) is 5.75 Å². The number of esters is 1. The molecule has 1 aromatic carbocycles. The molecule has 0 radical (unpaired) electrons. The number of benzene rings is 1. The van der Waals surface area contributed by atoms with E-state index < -0.39 is 5.97 Å². The van der Waals surface area contributed by atoms with Crippen LogP contribution in [0, 0.1) is 0 Å². The highest BCUT2D eigenvalue weighted by Gasteiger charge is 2.29. The second kappa shape index (κ2) is 5.31. The fraction of sp³-hybridized carbons (Fsp3) is 0.250. The van der Waals surface area contributed by atoms with Crippen LogP contribution in [0.3, 0.4) is 0 Å². The Hall–Kier alpha value is -2.37. The quantitative estimate of drug-likeness (QED) is 0.454. The Kier molecular flexibility index (Phi) is 3.57. The maximum atomic E-state index is 11.7. The predicted octanol–water partition coefficient (Wildman–Crippen LogP) is 1.15. The van der Waals surface area contributed by atoms with Gasteiger partial charge in [0.05, 0.1) is 5.56 Å². The van der Waals surface area contributed by atoms with Crippen molar-refractivity contribution in [2.75, 3.05) is 13.2 Å². The average molecular weight is 249 g/mol. The molecule has 0 fully saturated rings. The Labute approximate surface area is 103 Å². The van der Waals surface area contributed by atoms with Crippen LogP contribution in [0.15, 0.2) is 29.4 Å². The molecule has 0 spiro atoms. The van der Waals surface area contributed by atoms with Gasteiger partial charge in [-0.1, -0.05) is 12.1 Å². The normalized spacial score (nSPS) is 15.2. The van der Waals surface area contributed by atoms with Gasteiger partial charge in [-0.3, -0.25) is 9.59 Å². The zero-order valence-corrected chi connectivity index (χ0v) is 9.71. The number of para-hydroxylation sites is 1. The second-order valence-corrected chi connectivity index (χ2v) is 3.50. The first-order valence-electron chi connectivity index (χ1n) is 5.33. The number of ether oxygens (including phenoxy) is 2. The highest BCUT2D eigenvalue weighted by atomic mass is 16.7. The number of fused-ring (bicyclic) bond motifs is 1. The number of hydrogen-bond acceptors (Lipinski definition) is 6. The van der Waals surface area contributed by atoms with Gasteiger partial charge in [0.1, 0.15) is 12.4 Å². The molecule has 6 nitrogen and oxygen atoms in total. The number of hydrogen-bond donors (Lipinski definition) is 0. The van der Waals surface area contributed by atoms with Crippen molar-refractivity contribution < 1.29 is 23.9 Å². The fourth-order valence-electron chi connectivity index (χ4n) is 1.40. The minimum atomic E-state index is -0.396. The number of rotatable bonds is 4. The largest absolute Gasteiger partial charge is 0.462 e. The van der Waals surface area contributed by atoms with Crippen molar-refractivity contribution in [2.24, 2.45) is 5.16 Å². The molecule has 1 aromatic rings. The average Bonchev–Trinajstić information content (AvgIpc) is 2.66. The number of nitrogens with zero attached hydrogens (tertiary/aromatic N) is 1. The van der Waals surface area contributed by atoms with Crippen LogP contribution >= 0.6 is 0 Å². The maximum absolute atomic E-state index is 11.7. The van der Waals surface area contributed by atoms with Crippen LogP contribution in [-0.4, -0.2) is 30.9 Å². The third-order valence-electron chi connectivity index (χ3n) is 2.16. The van der Waals surface area contributed by atoms with E-state index in [1.54, 1.807) is 24.3 Å². The summed E-state index contributed by atoms with van der Waals surface area (Å²) in [5.74, 6) is -0.367. The van der Waals surface area contributed by atoms with E-state index in [4.69, 9.17) is 9.57 Å². The van der Waals surface area contributed by atoms with E-state index in [0.717, 1.165) is 0 Å². The molecule has 0 saturated carbocycles. The summed E-state index contributed by atoms with van der Waals surface area (Å²) in [5, 5.41) is 3.57. The molecular formula is C12H11NO5. The van der Waals surface area contributed by atoms with Gasteiger partial charge in [-0.05, 0) is 17.3 Å². The number of carbonyl (C=O) groups is 2. The van der Waals surface area contributed by atoms with Crippen molar-refractivity contribution in [1.29, 1.82) is 0 Å². The van der Waals surface area contributed by atoms with E-state index in [1.807, 2.05) is 0 Å². The maximum Gasteiger partial charge on any atom is 0.304 e. The van der Waals surface area contributed by atoms with Crippen molar-refractivity contribution >= 4 is 17.7 Å². The zero-order chi connectivity index (χ0) is 13.0. The van der Waals surface area contributed by atoms with Crippen molar-refractivity contribution in [3.05, 3.63) is 29.8 Å². The van der Waals surface area contributed by atoms with Gasteiger partial charge in [0, 0.05) is 6.92 Å². The van der Waals surface area contributed by atoms with Crippen LogP contribution in [0.1, 0.15) is 17.3 Å². The smallest absolute Gasteiger partial charge is 0.304 e. The van der Waals surface area contributed by atoms with Gasteiger partial charge in [0.2, 0.25) is 0 Å². The first-order chi connectivity index (χ1) is 8.68. The summed E-state index contributed by atoms with van der Waals surface area (Å²) in [7, 11) is 0. The Bertz CT molecular complexity index is 509. The lowest BCUT2D eigenvalue weighted by atomic mass is 10.1. The molecule has 0 bridgehead atoms. The molecule has 2 rings (SSSR count). The minimum absolute atomic E-state index is 0.0655. The predicted molar refractivity (Wildman–Crippen MR) is 61.4 cm³/mol. The molecule has 0 amide bonds. The Balaban J connectivity index is 1.89. The molecule has 18 heavy (non-hydrogen) atoms. The molecule has 0 aliphatic carbocycles. The van der Waals surface area contributed by atoms with E-state index in [9.17, 15) is 9.59 Å². The molecule has 0 N–H and O–H groups in total. The van der Waals surface area contributed by atoms with Gasteiger partial charge >= 0.3 is 11.9 Å². The third kappa shape index (κ3) is 2.65. The van der Waals surface area contributed by atoms with Gasteiger partial charge in [-0.25, -0.2) is 0 Å². The molecule has 0 unspecified atom stereocenters. The number of carbonyl (C=O) groups excluding carboxylic acids is 2. The van der Waals surface area contributed by atoms with E-state index in [2.05, 4.69) is 9.89 Å². The SMILES string of the molecule is CC(=O)OCCO/N=C1/Oc2ccccc2C1=O. The lowest BCUT2D eigenvalue weighted by molar-refractivity contribution is -0.142. The monoisotopic (exact) mass is 249 g/mol. The molecule has 0 aromatic heterocycles. The molecule has 1 aliphatic heterocycles. The van der Waals surface area contributed by atoms with Crippen LogP contribution in [0.5, 0.6) is 5.75 Å². The van der Waals surface area contributed by atoms with E-state index >= 15 is 0 Å². The van der Waals surface area contributed by atoms with E-state index in [1.165, 1.54) is 6.92 Å². The molecule has 94 valence electrons. The van der Waals surface area contributed by atoms with Gasteiger partial charge in [0.25, 0.3) is 5.78 Å². The molecule has 1 aliphatic rings. The summed E-state index contributed by atoms with van der Waals surface area (Å²) >= 11 is 0. The highest BCUT2D eigenvalue weighted by Crippen LogP contribution is 2.25. The first kappa shape index (κ1) is 12.1. The van der Waals surface area contributed by atoms with Gasteiger partial charge in [-0.2, -0.15) is 0 Å². The van der Waals surface area contributed by atoms with Crippen LogP contribution in [0.4, 0.5) is 0 Å².